The van der Waals surface area contributed by atoms with Gasteiger partial charge < -0.3 is 9.47 Å². The van der Waals surface area contributed by atoms with Crippen LogP contribution in [0.15, 0.2) is 91.0 Å². The number of fused-ring (bicyclic) bond motifs is 2. The van der Waals surface area contributed by atoms with E-state index < -0.39 is 5.60 Å². The molecule has 3 atom stereocenters. The minimum Gasteiger partial charge on any atom is -0.458 e. The quantitative estimate of drug-likeness (QED) is 0.407. The SMILES string of the molecule is CN1C2CCC1[C@H](OC(=O)C(OCc1ccccc1)(c1ccccc1)c1ccccc1)CC2.Cl. The Morgan fingerprint density at radius 2 is 1.35 bits per heavy atom. The molecular formula is C29H32ClNO3. The standard InChI is InChI=1S/C29H31NO3.ClH/c1-30-25-17-19-26(30)27(20-18-25)33-28(31)29(23-13-7-3-8-14-23,24-15-9-4-10-16-24)32-21-22-11-5-2-6-12-22;/h2-16,25-27H,17-21H2,1H3;1H/t25?,26?,27-;/m1./s1. The fraction of sp³-hybridized carbons (Fsp3) is 0.345. The molecule has 3 aromatic carbocycles. The molecule has 5 rings (SSSR count). The van der Waals surface area contributed by atoms with Crippen LogP contribution < -0.4 is 0 Å². The normalized spacial score (nSPS) is 22.1. The van der Waals surface area contributed by atoms with E-state index in [9.17, 15) is 4.79 Å². The maximum absolute atomic E-state index is 14.2. The molecule has 2 aliphatic rings. The summed E-state index contributed by atoms with van der Waals surface area (Å²) in [5.74, 6) is -0.334. The fourth-order valence-electron chi connectivity index (χ4n) is 5.48. The van der Waals surface area contributed by atoms with Gasteiger partial charge in [0.2, 0.25) is 5.60 Å². The summed E-state index contributed by atoms with van der Waals surface area (Å²) < 4.78 is 13.0. The second kappa shape index (κ2) is 10.7. The van der Waals surface area contributed by atoms with Crippen molar-refractivity contribution in [3.8, 4) is 0 Å². The van der Waals surface area contributed by atoms with Crippen molar-refractivity contribution in [1.29, 1.82) is 0 Å². The van der Waals surface area contributed by atoms with E-state index >= 15 is 0 Å². The molecule has 0 spiro atoms. The van der Waals surface area contributed by atoms with Gasteiger partial charge in [-0.2, -0.15) is 0 Å². The molecule has 2 heterocycles. The van der Waals surface area contributed by atoms with Crippen molar-refractivity contribution in [2.45, 2.75) is 56.1 Å². The lowest BCUT2D eigenvalue weighted by atomic mass is 9.85. The van der Waals surface area contributed by atoms with Crippen molar-refractivity contribution in [3.05, 3.63) is 108 Å². The van der Waals surface area contributed by atoms with Crippen molar-refractivity contribution in [2.75, 3.05) is 7.05 Å². The molecule has 5 heteroatoms. The highest BCUT2D eigenvalue weighted by Gasteiger charge is 2.49. The van der Waals surface area contributed by atoms with E-state index in [-0.39, 0.29) is 30.5 Å². The van der Waals surface area contributed by atoms with E-state index in [4.69, 9.17) is 9.47 Å². The zero-order chi connectivity index (χ0) is 22.7. The number of nitrogens with zero attached hydrogens (tertiary/aromatic N) is 1. The Kier molecular flexibility index (Phi) is 7.72. The van der Waals surface area contributed by atoms with Crippen LogP contribution in [0.3, 0.4) is 0 Å². The first-order chi connectivity index (χ1) is 16.2. The topological polar surface area (TPSA) is 38.8 Å². The Morgan fingerprint density at radius 3 is 1.94 bits per heavy atom. The summed E-state index contributed by atoms with van der Waals surface area (Å²) in [6.07, 6.45) is 4.12. The third kappa shape index (κ3) is 4.63. The monoisotopic (exact) mass is 477 g/mol. The van der Waals surface area contributed by atoms with Gasteiger partial charge in [-0.1, -0.05) is 91.0 Å². The summed E-state index contributed by atoms with van der Waals surface area (Å²) in [5, 5.41) is 0. The van der Waals surface area contributed by atoms with Gasteiger partial charge >= 0.3 is 5.97 Å². The zero-order valence-corrected chi connectivity index (χ0v) is 20.3. The molecule has 2 unspecified atom stereocenters. The molecule has 2 saturated heterocycles. The molecule has 0 N–H and O–H groups in total. The number of hydrogen-bond donors (Lipinski definition) is 0. The van der Waals surface area contributed by atoms with Gasteiger partial charge in [0.25, 0.3) is 0 Å². The predicted octanol–water partition coefficient (Wildman–Crippen LogP) is 5.74. The Balaban J connectivity index is 0.00000274. The summed E-state index contributed by atoms with van der Waals surface area (Å²) in [4.78, 5) is 16.6. The average molecular weight is 478 g/mol. The number of likely N-dealkylation sites (N-methyl/N-ethyl adjacent to an activating group) is 1. The van der Waals surface area contributed by atoms with Crippen LogP contribution in [-0.4, -0.2) is 36.1 Å². The maximum atomic E-state index is 14.2. The molecule has 0 aliphatic carbocycles. The molecule has 2 fully saturated rings. The van der Waals surface area contributed by atoms with Crippen molar-refractivity contribution in [1.82, 2.24) is 4.90 Å². The van der Waals surface area contributed by atoms with E-state index in [1.807, 2.05) is 91.0 Å². The molecule has 4 nitrogen and oxygen atoms in total. The molecule has 0 amide bonds. The minimum absolute atomic E-state index is 0. The summed E-state index contributed by atoms with van der Waals surface area (Å²) in [7, 11) is 2.16. The highest BCUT2D eigenvalue weighted by Crippen LogP contribution is 2.40. The number of carbonyl (C=O) groups is 1. The molecular weight excluding hydrogens is 446 g/mol. The van der Waals surface area contributed by atoms with E-state index in [0.29, 0.717) is 12.6 Å². The third-order valence-electron chi connectivity index (χ3n) is 7.31. The van der Waals surface area contributed by atoms with Gasteiger partial charge in [0, 0.05) is 12.1 Å². The molecule has 2 bridgehead atoms. The summed E-state index contributed by atoms with van der Waals surface area (Å²) in [5.41, 5.74) is 1.24. The number of rotatable bonds is 7. The first-order valence-electron chi connectivity index (χ1n) is 11.9. The van der Waals surface area contributed by atoms with E-state index in [1.165, 1.54) is 6.42 Å². The maximum Gasteiger partial charge on any atom is 0.348 e. The van der Waals surface area contributed by atoms with Crippen molar-refractivity contribution in [3.63, 3.8) is 0 Å². The molecule has 34 heavy (non-hydrogen) atoms. The lowest BCUT2D eigenvalue weighted by Gasteiger charge is -2.39. The summed E-state index contributed by atoms with van der Waals surface area (Å²) in [6, 6.07) is 30.4. The van der Waals surface area contributed by atoms with E-state index in [1.54, 1.807) is 0 Å². The predicted molar refractivity (Wildman–Crippen MR) is 136 cm³/mol. The van der Waals surface area contributed by atoms with Crippen LogP contribution in [0.4, 0.5) is 0 Å². The molecule has 0 aromatic heterocycles. The van der Waals surface area contributed by atoms with Gasteiger partial charge in [0.1, 0.15) is 6.10 Å². The van der Waals surface area contributed by atoms with E-state index in [2.05, 4.69) is 11.9 Å². The fourth-order valence-corrected chi connectivity index (χ4v) is 5.48. The van der Waals surface area contributed by atoms with Crippen molar-refractivity contribution < 1.29 is 14.3 Å². The zero-order valence-electron chi connectivity index (χ0n) is 19.5. The van der Waals surface area contributed by atoms with Gasteiger partial charge in [-0.05, 0) is 49.4 Å². The number of hydrogen-bond acceptors (Lipinski definition) is 4. The number of carbonyl (C=O) groups excluding carboxylic acids is 1. The van der Waals surface area contributed by atoms with Gasteiger partial charge in [0.15, 0.2) is 0 Å². The van der Waals surface area contributed by atoms with Gasteiger partial charge in [0.05, 0.1) is 6.61 Å². The van der Waals surface area contributed by atoms with Crippen LogP contribution >= 0.6 is 12.4 Å². The molecule has 2 aliphatic heterocycles. The van der Waals surface area contributed by atoms with Crippen LogP contribution in [0, 0.1) is 0 Å². The smallest absolute Gasteiger partial charge is 0.348 e. The van der Waals surface area contributed by atoms with Crippen LogP contribution in [0.5, 0.6) is 0 Å². The van der Waals surface area contributed by atoms with Crippen molar-refractivity contribution >= 4 is 18.4 Å². The van der Waals surface area contributed by atoms with Crippen LogP contribution in [0.2, 0.25) is 0 Å². The summed E-state index contributed by atoms with van der Waals surface area (Å²) in [6.45, 7) is 0.301. The van der Waals surface area contributed by atoms with Crippen LogP contribution in [-0.2, 0) is 26.5 Å². The molecule has 0 saturated carbocycles. The molecule has 178 valence electrons. The third-order valence-corrected chi connectivity index (χ3v) is 7.31. The van der Waals surface area contributed by atoms with Crippen LogP contribution in [0.25, 0.3) is 0 Å². The summed E-state index contributed by atoms with van der Waals surface area (Å²) >= 11 is 0. The van der Waals surface area contributed by atoms with Gasteiger partial charge in [-0.15, -0.1) is 12.4 Å². The average Bonchev–Trinajstić information content (AvgIpc) is 3.10. The lowest BCUT2D eigenvalue weighted by Crippen LogP contribution is -2.50. The minimum atomic E-state index is -1.34. The lowest BCUT2D eigenvalue weighted by molar-refractivity contribution is -0.180. The Bertz CT molecular complexity index is 1020. The first-order valence-corrected chi connectivity index (χ1v) is 11.9. The Morgan fingerprint density at radius 1 is 0.824 bits per heavy atom. The Labute approximate surface area is 208 Å². The van der Waals surface area contributed by atoms with E-state index in [0.717, 1.165) is 36.0 Å². The number of ether oxygens (including phenoxy) is 2. The number of piperidine rings is 1. The second-order valence-electron chi connectivity index (χ2n) is 9.17. The van der Waals surface area contributed by atoms with Crippen LogP contribution in [0.1, 0.15) is 42.4 Å². The van der Waals surface area contributed by atoms with Gasteiger partial charge in [-0.3, -0.25) is 4.90 Å². The Hall–Kier alpha value is -2.66. The second-order valence-corrected chi connectivity index (χ2v) is 9.17. The molecule has 0 radical (unpaired) electrons. The largest absolute Gasteiger partial charge is 0.458 e. The highest BCUT2D eigenvalue weighted by atomic mass is 35.5. The highest BCUT2D eigenvalue weighted by molar-refractivity contribution is 5.86. The number of esters is 1. The van der Waals surface area contributed by atoms with Crippen molar-refractivity contribution in [2.24, 2.45) is 0 Å². The molecule has 3 aromatic rings. The first kappa shape index (κ1) is 24.5. The van der Waals surface area contributed by atoms with Gasteiger partial charge in [-0.25, -0.2) is 4.79 Å². The number of benzene rings is 3. The number of halogens is 1.